The topological polar surface area (TPSA) is 62.0 Å². The molecule has 18 heavy (non-hydrogen) atoms. The predicted octanol–water partition coefficient (Wildman–Crippen LogP) is 0.510. The van der Waals surface area contributed by atoms with E-state index >= 15 is 0 Å². The average molecular weight is 249 g/mol. The minimum Gasteiger partial charge on any atom is -0.495 e. The van der Waals surface area contributed by atoms with E-state index in [1.807, 2.05) is 25.0 Å². The van der Waals surface area contributed by atoms with Crippen molar-refractivity contribution >= 4 is 18.4 Å². The number of anilines is 2. The van der Waals surface area contributed by atoms with Crippen LogP contribution in [0, 0.1) is 0 Å². The average Bonchev–Trinajstić information content (AvgIpc) is 2.39. The molecule has 0 amide bonds. The smallest absolute Gasteiger partial charge is 0.376 e. The molecule has 0 radical (unpaired) electrons. The van der Waals surface area contributed by atoms with Crippen molar-refractivity contribution in [2.75, 3.05) is 43.9 Å². The van der Waals surface area contributed by atoms with E-state index in [0.717, 1.165) is 31.9 Å². The number of nitrogens with two attached hydrogens (primary N) is 1. The number of nitrogens with zero attached hydrogens (tertiary/aromatic N) is 2. The predicted molar refractivity (Wildman–Crippen MR) is 75.0 cm³/mol. The highest BCUT2D eigenvalue weighted by atomic mass is 16.5. The SMILES string of the molecule is COc1cc(N2CCN(B(C)O)CC2)ccc1N. The van der Waals surface area contributed by atoms with Crippen LogP contribution in [0.25, 0.3) is 0 Å². The molecule has 0 bridgehead atoms. The van der Waals surface area contributed by atoms with Crippen LogP contribution in [0.2, 0.25) is 6.82 Å². The van der Waals surface area contributed by atoms with Crippen LogP contribution < -0.4 is 15.4 Å². The summed E-state index contributed by atoms with van der Waals surface area (Å²) in [5.41, 5.74) is 7.58. The first-order valence-electron chi connectivity index (χ1n) is 6.22. The third-order valence-electron chi connectivity index (χ3n) is 3.42. The lowest BCUT2D eigenvalue weighted by molar-refractivity contribution is 0.344. The van der Waals surface area contributed by atoms with Crippen molar-refractivity contribution in [3.05, 3.63) is 18.2 Å². The van der Waals surface area contributed by atoms with E-state index in [0.29, 0.717) is 11.4 Å². The fraction of sp³-hybridized carbons (Fsp3) is 0.500. The van der Waals surface area contributed by atoms with Crippen molar-refractivity contribution in [1.82, 2.24) is 4.81 Å². The Kier molecular flexibility index (Phi) is 3.99. The highest BCUT2D eigenvalue weighted by molar-refractivity contribution is 6.45. The van der Waals surface area contributed by atoms with Crippen molar-refractivity contribution in [3.8, 4) is 5.75 Å². The Labute approximate surface area is 108 Å². The van der Waals surface area contributed by atoms with E-state index in [2.05, 4.69) is 9.71 Å². The summed E-state index contributed by atoms with van der Waals surface area (Å²) >= 11 is 0. The summed E-state index contributed by atoms with van der Waals surface area (Å²) in [6.45, 7) is 5.34. The van der Waals surface area contributed by atoms with Gasteiger partial charge in [0, 0.05) is 37.9 Å². The summed E-state index contributed by atoms with van der Waals surface area (Å²) in [6.07, 6.45) is 0. The standard InChI is InChI=1S/C12H20BN3O2/c1-13(17)16-7-5-15(6-8-16)10-3-4-11(14)12(9-10)18-2/h3-4,9,17H,5-8,14H2,1-2H3. The van der Waals surface area contributed by atoms with E-state index < -0.39 is 0 Å². The van der Waals surface area contributed by atoms with Crippen LogP contribution in [-0.2, 0) is 0 Å². The highest BCUT2D eigenvalue weighted by Gasteiger charge is 2.22. The van der Waals surface area contributed by atoms with Crippen LogP contribution in [0.3, 0.4) is 0 Å². The van der Waals surface area contributed by atoms with Crippen molar-refractivity contribution in [1.29, 1.82) is 0 Å². The van der Waals surface area contributed by atoms with Gasteiger partial charge in [-0.2, -0.15) is 0 Å². The molecule has 2 rings (SSSR count). The fourth-order valence-corrected chi connectivity index (χ4v) is 2.25. The number of ether oxygens (including phenoxy) is 1. The summed E-state index contributed by atoms with van der Waals surface area (Å²) in [4.78, 5) is 4.34. The van der Waals surface area contributed by atoms with Crippen LogP contribution in [-0.4, -0.2) is 50.2 Å². The summed E-state index contributed by atoms with van der Waals surface area (Å²) in [5, 5.41) is 9.52. The van der Waals surface area contributed by atoms with Gasteiger partial charge in [0.1, 0.15) is 5.75 Å². The number of benzene rings is 1. The number of nitrogen functional groups attached to an aromatic ring is 1. The molecule has 3 N–H and O–H groups in total. The Balaban J connectivity index is 2.05. The van der Waals surface area contributed by atoms with Crippen LogP contribution >= 0.6 is 0 Å². The molecule has 0 spiro atoms. The molecule has 1 aliphatic heterocycles. The summed E-state index contributed by atoms with van der Waals surface area (Å²) in [7, 11) is 1.26. The first-order valence-corrected chi connectivity index (χ1v) is 6.22. The van der Waals surface area contributed by atoms with Gasteiger partial charge in [0.05, 0.1) is 12.8 Å². The Hall–Kier alpha value is -1.40. The molecule has 6 heteroatoms. The lowest BCUT2D eigenvalue weighted by atomic mass is 9.84. The first-order chi connectivity index (χ1) is 8.61. The molecular formula is C12H20BN3O2. The van der Waals surface area contributed by atoms with Crippen molar-refractivity contribution in [2.45, 2.75) is 6.82 Å². The van der Waals surface area contributed by atoms with Crippen molar-refractivity contribution in [3.63, 3.8) is 0 Å². The summed E-state index contributed by atoms with van der Waals surface area (Å²) in [6, 6.07) is 5.85. The van der Waals surface area contributed by atoms with Crippen LogP contribution in [0.15, 0.2) is 18.2 Å². The van der Waals surface area contributed by atoms with Gasteiger partial charge in [-0.3, -0.25) is 0 Å². The largest absolute Gasteiger partial charge is 0.495 e. The van der Waals surface area contributed by atoms with E-state index in [1.54, 1.807) is 7.11 Å². The zero-order chi connectivity index (χ0) is 13.1. The molecule has 0 aromatic heterocycles. The van der Waals surface area contributed by atoms with Crippen LogP contribution in [0.5, 0.6) is 5.75 Å². The minimum absolute atomic E-state index is 0.367. The molecule has 1 aliphatic rings. The van der Waals surface area contributed by atoms with Crippen LogP contribution in [0.4, 0.5) is 11.4 Å². The van der Waals surface area contributed by atoms with E-state index in [-0.39, 0.29) is 7.05 Å². The van der Waals surface area contributed by atoms with Gasteiger partial charge in [-0.25, -0.2) is 0 Å². The third kappa shape index (κ3) is 2.71. The molecule has 1 saturated heterocycles. The van der Waals surface area contributed by atoms with Gasteiger partial charge in [-0.05, 0) is 19.0 Å². The number of hydrogen-bond donors (Lipinski definition) is 2. The maximum absolute atomic E-state index is 9.52. The molecule has 1 aromatic carbocycles. The molecule has 0 unspecified atom stereocenters. The van der Waals surface area contributed by atoms with E-state index in [9.17, 15) is 5.02 Å². The van der Waals surface area contributed by atoms with Gasteiger partial charge in [-0.1, -0.05) is 0 Å². The second kappa shape index (κ2) is 5.50. The minimum atomic E-state index is -0.367. The van der Waals surface area contributed by atoms with Gasteiger partial charge >= 0.3 is 7.05 Å². The summed E-state index contributed by atoms with van der Waals surface area (Å²) < 4.78 is 5.23. The lowest BCUT2D eigenvalue weighted by Crippen LogP contribution is -2.51. The molecule has 98 valence electrons. The molecular weight excluding hydrogens is 229 g/mol. The quantitative estimate of drug-likeness (QED) is 0.603. The molecule has 5 nitrogen and oxygen atoms in total. The first kappa shape index (κ1) is 13.0. The fourth-order valence-electron chi connectivity index (χ4n) is 2.25. The number of methoxy groups -OCH3 is 1. The van der Waals surface area contributed by atoms with Gasteiger partial charge in [0.15, 0.2) is 0 Å². The van der Waals surface area contributed by atoms with Gasteiger partial charge in [0.25, 0.3) is 0 Å². The molecule has 1 fully saturated rings. The molecule has 0 atom stereocenters. The molecule has 0 aliphatic carbocycles. The molecule has 1 aromatic rings. The molecule has 0 saturated carbocycles. The number of rotatable bonds is 3. The second-order valence-electron chi connectivity index (χ2n) is 4.58. The van der Waals surface area contributed by atoms with Crippen molar-refractivity contribution in [2.24, 2.45) is 0 Å². The maximum atomic E-state index is 9.52. The Morgan fingerprint density at radius 1 is 1.28 bits per heavy atom. The lowest BCUT2D eigenvalue weighted by Gasteiger charge is -2.36. The highest BCUT2D eigenvalue weighted by Crippen LogP contribution is 2.27. The van der Waals surface area contributed by atoms with E-state index in [1.165, 1.54) is 0 Å². The monoisotopic (exact) mass is 249 g/mol. The van der Waals surface area contributed by atoms with Gasteiger partial charge in [-0.15, -0.1) is 0 Å². The Morgan fingerprint density at radius 2 is 1.94 bits per heavy atom. The number of piperazine rings is 1. The van der Waals surface area contributed by atoms with Crippen molar-refractivity contribution < 1.29 is 9.76 Å². The Bertz CT molecular complexity index is 406. The zero-order valence-corrected chi connectivity index (χ0v) is 11.0. The van der Waals surface area contributed by atoms with Crippen LogP contribution in [0.1, 0.15) is 0 Å². The molecule has 1 heterocycles. The van der Waals surface area contributed by atoms with Gasteiger partial charge in [0.2, 0.25) is 0 Å². The van der Waals surface area contributed by atoms with E-state index in [4.69, 9.17) is 10.5 Å². The maximum Gasteiger partial charge on any atom is 0.376 e. The Morgan fingerprint density at radius 3 is 2.50 bits per heavy atom. The zero-order valence-electron chi connectivity index (χ0n) is 11.0. The normalized spacial score (nSPS) is 16.7. The third-order valence-corrected chi connectivity index (χ3v) is 3.42. The number of hydrogen-bond acceptors (Lipinski definition) is 5. The van der Waals surface area contributed by atoms with Gasteiger partial charge < -0.3 is 25.2 Å². The summed E-state index contributed by atoms with van der Waals surface area (Å²) in [5.74, 6) is 0.713. The second-order valence-corrected chi connectivity index (χ2v) is 4.58.